The van der Waals surface area contributed by atoms with Crippen LogP contribution in [0.2, 0.25) is 0 Å². The monoisotopic (exact) mass is 247 g/mol. The molecule has 0 atom stereocenters. The van der Waals surface area contributed by atoms with Gasteiger partial charge in [0, 0.05) is 4.91 Å². The van der Waals surface area contributed by atoms with Crippen molar-refractivity contribution < 1.29 is 9.90 Å². The molecule has 0 aliphatic rings. The van der Waals surface area contributed by atoms with Crippen molar-refractivity contribution in [1.29, 1.82) is 0 Å². The summed E-state index contributed by atoms with van der Waals surface area (Å²) in [6.45, 7) is 0. The SMILES string of the molecule is [N-]=[N+]=Nc1cc(Br)sc1C(=O)O. The van der Waals surface area contributed by atoms with E-state index in [1.165, 1.54) is 6.07 Å². The molecule has 7 heteroatoms. The van der Waals surface area contributed by atoms with E-state index in [1.807, 2.05) is 0 Å². The molecule has 0 saturated heterocycles. The van der Waals surface area contributed by atoms with Crippen molar-refractivity contribution in [2.45, 2.75) is 0 Å². The number of rotatable bonds is 2. The molecule has 1 rings (SSSR count). The van der Waals surface area contributed by atoms with Gasteiger partial charge in [-0.25, -0.2) is 4.79 Å². The van der Waals surface area contributed by atoms with E-state index in [4.69, 9.17) is 10.6 Å². The minimum atomic E-state index is -1.09. The van der Waals surface area contributed by atoms with Gasteiger partial charge in [-0.2, -0.15) is 0 Å². The standard InChI is InChI=1S/C5H2BrN3O2S/c6-3-1-2(8-9-7)4(12-3)5(10)11/h1H,(H,10,11). The fourth-order valence-corrected chi connectivity index (χ4v) is 1.99. The van der Waals surface area contributed by atoms with E-state index in [0.29, 0.717) is 3.79 Å². The Balaban J connectivity index is 3.25. The van der Waals surface area contributed by atoms with Crippen molar-refractivity contribution in [3.8, 4) is 0 Å². The van der Waals surface area contributed by atoms with Crippen LogP contribution in [0.4, 0.5) is 5.69 Å². The van der Waals surface area contributed by atoms with Crippen LogP contribution in [0.1, 0.15) is 9.67 Å². The molecule has 0 unspecified atom stereocenters. The van der Waals surface area contributed by atoms with Crippen LogP contribution >= 0.6 is 27.3 Å². The van der Waals surface area contributed by atoms with Crippen molar-refractivity contribution in [2.24, 2.45) is 5.11 Å². The Morgan fingerprint density at radius 2 is 2.50 bits per heavy atom. The van der Waals surface area contributed by atoms with Crippen molar-refractivity contribution in [1.82, 2.24) is 0 Å². The maximum Gasteiger partial charge on any atom is 0.346 e. The highest BCUT2D eigenvalue weighted by Gasteiger charge is 2.12. The maximum absolute atomic E-state index is 10.5. The van der Waals surface area contributed by atoms with Crippen LogP contribution < -0.4 is 0 Å². The zero-order chi connectivity index (χ0) is 9.14. The first-order valence-corrected chi connectivity index (χ1v) is 4.34. The van der Waals surface area contributed by atoms with Gasteiger partial charge < -0.3 is 5.11 Å². The highest BCUT2D eigenvalue weighted by Crippen LogP contribution is 2.33. The summed E-state index contributed by atoms with van der Waals surface area (Å²) in [6.07, 6.45) is 0. The average Bonchev–Trinajstić information content (AvgIpc) is 2.32. The molecule has 0 spiro atoms. The molecule has 0 bridgehead atoms. The topological polar surface area (TPSA) is 86.1 Å². The molecule has 0 saturated carbocycles. The Hall–Kier alpha value is -1.04. The summed E-state index contributed by atoms with van der Waals surface area (Å²) >= 11 is 4.11. The van der Waals surface area contributed by atoms with Gasteiger partial charge in [0.2, 0.25) is 0 Å². The molecule has 1 aromatic heterocycles. The van der Waals surface area contributed by atoms with Crippen LogP contribution in [0.3, 0.4) is 0 Å². The van der Waals surface area contributed by atoms with Gasteiger partial charge in [-0.05, 0) is 27.5 Å². The van der Waals surface area contributed by atoms with Gasteiger partial charge in [0.05, 0.1) is 9.47 Å². The van der Waals surface area contributed by atoms with Gasteiger partial charge in [0.1, 0.15) is 4.88 Å². The number of hydrogen-bond acceptors (Lipinski definition) is 3. The number of carbonyl (C=O) groups is 1. The first kappa shape index (κ1) is 9.05. The molecule has 0 aliphatic carbocycles. The second kappa shape index (κ2) is 3.57. The molecule has 0 aliphatic heterocycles. The van der Waals surface area contributed by atoms with Crippen LogP contribution in [-0.4, -0.2) is 11.1 Å². The lowest BCUT2D eigenvalue weighted by molar-refractivity contribution is 0.0703. The quantitative estimate of drug-likeness (QED) is 0.495. The number of halogens is 1. The van der Waals surface area contributed by atoms with E-state index in [-0.39, 0.29) is 10.6 Å². The molecule has 62 valence electrons. The van der Waals surface area contributed by atoms with Crippen LogP contribution in [0.5, 0.6) is 0 Å². The molecular formula is C5H2BrN3O2S. The zero-order valence-corrected chi connectivity index (χ0v) is 7.96. The predicted octanol–water partition coefficient (Wildman–Crippen LogP) is 3.15. The van der Waals surface area contributed by atoms with Gasteiger partial charge in [-0.1, -0.05) is 5.11 Å². The Morgan fingerprint density at radius 3 is 3.00 bits per heavy atom. The molecule has 1 aromatic rings. The summed E-state index contributed by atoms with van der Waals surface area (Å²) in [5.74, 6) is -1.09. The second-order valence-corrected chi connectivity index (χ2v) is 4.19. The van der Waals surface area contributed by atoms with Crippen molar-refractivity contribution in [2.75, 3.05) is 0 Å². The molecular weight excluding hydrogens is 246 g/mol. The fraction of sp³-hybridized carbons (Fsp3) is 0. The zero-order valence-electron chi connectivity index (χ0n) is 5.56. The van der Waals surface area contributed by atoms with Crippen LogP contribution in [0.25, 0.3) is 10.4 Å². The smallest absolute Gasteiger partial charge is 0.346 e. The average molecular weight is 248 g/mol. The van der Waals surface area contributed by atoms with Crippen molar-refractivity contribution in [3.05, 3.63) is 25.2 Å². The third-order valence-electron chi connectivity index (χ3n) is 1.03. The molecule has 12 heavy (non-hydrogen) atoms. The predicted molar refractivity (Wildman–Crippen MR) is 47.8 cm³/mol. The largest absolute Gasteiger partial charge is 0.477 e. The number of hydrogen-bond donors (Lipinski definition) is 1. The normalized spacial score (nSPS) is 9.08. The van der Waals surface area contributed by atoms with Crippen LogP contribution in [0.15, 0.2) is 15.0 Å². The lowest BCUT2D eigenvalue weighted by Gasteiger charge is -1.86. The number of carboxylic acids is 1. The Morgan fingerprint density at radius 1 is 1.83 bits per heavy atom. The van der Waals surface area contributed by atoms with E-state index in [0.717, 1.165) is 11.3 Å². The molecule has 1 N–H and O–H groups in total. The first-order valence-electron chi connectivity index (χ1n) is 2.73. The van der Waals surface area contributed by atoms with E-state index < -0.39 is 5.97 Å². The molecule has 0 amide bonds. The maximum atomic E-state index is 10.5. The number of aromatic carboxylic acids is 1. The van der Waals surface area contributed by atoms with E-state index >= 15 is 0 Å². The highest BCUT2D eigenvalue weighted by molar-refractivity contribution is 9.11. The minimum Gasteiger partial charge on any atom is -0.477 e. The van der Waals surface area contributed by atoms with E-state index in [1.54, 1.807) is 0 Å². The molecule has 0 aromatic carbocycles. The first-order chi connectivity index (χ1) is 5.65. The molecule has 1 heterocycles. The Bertz CT molecular complexity index is 349. The summed E-state index contributed by atoms with van der Waals surface area (Å²) in [7, 11) is 0. The highest BCUT2D eigenvalue weighted by atomic mass is 79.9. The third kappa shape index (κ3) is 1.76. The molecule has 0 radical (unpaired) electrons. The lowest BCUT2D eigenvalue weighted by Crippen LogP contribution is -1.90. The van der Waals surface area contributed by atoms with Gasteiger partial charge in [-0.3, -0.25) is 0 Å². The van der Waals surface area contributed by atoms with Gasteiger partial charge >= 0.3 is 5.97 Å². The van der Waals surface area contributed by atoms with Crippen molar-refractivity contribution in [3.63, 3.8) is 0 Å². The molecule has 5 nitrogen and oxygen atoms in total. The Kier molecular flexibility index (Phi) is 2.69. The van der Waals surface area contributed by atoms with Crippen LogP contribution in [-0.2, 0) is 0 Å². The summed E-state index contributed by atoms with van der Waals surface area (Å²) in [5, 5.41) is 11.8. The number of azide groups is 1. The number of nitrogens with zero attached hydrogens (tertiary/aromatic N) is 3. The molecule has 0 fully saturated rings. The minimum absolute atomic E-state index is 0.0414. The van der Waals surface area contributed by atoms with Crippen molar-refractivity contribution >= 4 is 38.9 Å². The van der Waals surface area contributed by atoms with Gasteiger partial charge in [0.15, 0.2) is 0 Å². The van der Waals surface area contributed by atoms with E-state index in [2.05, 4.69) is 26.0 Å². The summed E-state index contributed by atoms with van der Waals surface area (Å²) < 4.78 is 0.627. The van der Waals surface area contributed by atoms with E-state index in [9.17, 15) is 4.79 Å². The fourth-order valence-electron chi connectivity index (χ4n) is 0.628. The summed E-state index contributed by atoms with van der Waals surface area (Å²) in [4.78, 5) is 13.1. The summed E-state index contributed by atoms with van der Waals surface area (Å²) in [6, 6.07) is 1.47. The van der Waals surface area contributed by atoms with Crippen LogP contribution in [0, 0.1) is 0 Å². The Labute approximate surface area is 79.4 Å². The number of thiophene rings is 1. The van der Waals surface area contributed by atoms with Gasteiger partial charge in [0.25, 0.3) is 0 Å². The van der Waals surface area contributed by atoms with Gasteiger partial charge in [-0.15, -0.1) is 11.3 Å². The lowest BCUT2D eigenvalue weighted by atomic mass is 10.4. The number of carboxylic acid groups (broad SMARTS) is 1. The second-order valence-electron chi connectivity index (χ2n) is 1.76. The third-order valence-corrected chi connectivity index (χ3v) is 2.64. The summed E-state index contributed by atoms with van der Waals surface area (Å²) in [5.41, 5.74) is 8.23.